The molecule has 0 aromatic heterocycles. The molecule has 0 bridgehead atoms. The normalized spacial score (nSPS) is 10.1. The maximum Gasteiger partial charge on any atom is 0.337 e. The van der Waals surface area contributed by atoms with Gasteiger partial charge in [0.2, 0.25) is 0 Å². The van der Waals surface area contributed by atoms with Crippen molar-refractivity contribution in [2.75, 3.05) is 5.32 Å². The van der Waals surface area contributed by atoms with Crippen molar-refractivity contribution in [3.8, 4) is 6.07 Å². The zero-order chi connectivity index (χ0) is 17.1. The Labute approximate surface area is 137 Å². The van der Waals surface area contributed by atoms with Crippen LogP contribution in [0.3, 0.4) is 0 Å². The third-order valence-corrected chi connectivity index (χ3v) is 3.66. The minimum Gasteiger partial charge on any atom is -0.478 e. The summed E-state index contributed by atoms with van der Waals surface area (Å²) in [4.78, 5) is 23.9. The molecule has 1 amide bonds. The van der Waals surface area contributed by atoms with Gasteiger partial charge in [0.1, 0.15) is 0 Å². The molecule has 5 heteroatoms. The number of nitrogens with one attached hydrogen (secondary N) is 1. The van der Waals surface area contributed by atoms with Crippen molar-refractivity contribution in [3.63, 3.8) is 0 Å². The van der Waals surface area contributed by atoms with Gasteiger partial charge in [-0.05, 0) is 35.0 Å². The number of fused-ring (bicyclic) bond motifs is 1. The quantitative estimate of drug-likeness (QED) is 0.771. The lowest BCUT2D eigenvalue weighted by Gasteiger charge is -2.10. The molecule has 0 saturated heterocycles. The molecule has 3 aromatic carbocycles. The van der Waals surface area contributed by atoms with Gasteiger partial charge < -0.3 is 10.4 Å². The maximum atomic E-state index is 12.6. The topological polar surface area (TPSA) is 90.2 Å². The summed E-state index contributed by atoms with van der Waals surface area (Å²) in [5.74, 6) is -1.61. The van der Waals surface area contributed by atoms with E-state index in [1.807, 2.05) is 36.4 Å². The van der Waals surface area contributed by atoms with Crippen LogP contribution in [0.2, 0.25) is 0 Å². The number of carbonyl (C=O) groups is 2. The molecule has 0 saturated carbocycles. The predicted molar refractivity (Wildman–Crippen MR) is 90.0 cm³/mol. The Hall–Kier alpha value is -3.65. The van der Waals surface area contributed by atoms with Gasteiger partial charge in [-0.2, -0.15) is 5.26 Å². The monoisotopic (exact) mass is 316 g/mol. The number of carboxylic acids is 1. The summed E-state index contributed by atoms with van der Waals surface area (Å²) in [6, 6.07) is 18.8. The van der Waals surface area contributed by atoms with Crippen molar-refractivity contribution in [1.29, 1.82) is 5.26 Å². The zero-order valence-electron chi connectivity index (χ0n) is 12.5. The number of carbonyl (C=O) groups excluding carboxylic acids is 1. The smallest absolute Gasteiger partial charge is 0.337 e. The minimum absolute atomic E-state index is 0.123. The zero-order valence-corrected chi connectivity index (χ0v) is 12.5. The Balaban J connectivity index is 2.01. The van der Waals surface area contributed by atoms with Crippen molar-refractivity contribution >= 4 is 28.3 Å². The third-order valence-electron chi connectivity index (χ3n) is 3.66. The molecule has 0 atom stereocenters. The van der Waals surface area contributed by atoms with Crippen LogP contribution < -0.4 is 5.32 Å². The van der Waals surface area contributed by atoms with E-state index in [1.165, 1.54) is 18.2 Å². The minimum atomic E-state index is -1.21. The van der Waals surface area contributed by atoms with Crippen molar-refractivity contribution in [1.82, 2.24) is 0 Å². The fourth-order valence-electron chi connectivity index (χ4n) is 2.51. The van der Waals surface area contributed by atoms with Crippen LogP contribution >= 0.6 is 0 Å². The maximum absolute atomic E-state index is 12.6. The van der Waals surface area contributed by atoms with Gasteiger partial charge in [-0.25, -0.2) is 4.79 Å². The molecule has 2 N–H and O–H groups in total. The molecule has 3 aromatic rings. The molecule has 0 fully saturated rings. The summed E-state index contributed by atoms with van der Waals surface area (Å²) in [6.45, 7) is 0. The Kier molecular flexibility index (Phi) is 3.96. The van der Waals surface area contributed by atoms with Crippen LogP contribution in [0.4, 0.5) is 5.69 Å². The van der Waals surface area contributed by atoms with E-state index in [1.54, 1.807) is 12.1 Å². The Morgan fingerprint density at radius 2 is 1.71 bits per heavy atom. The van der Waals surface area contributed by atoms with Gasteiger partial charge in [-0.3, -0.25) is 4.79 Å². The average Bonchev–Trinajstić information content (AvgIpc) is 2.61. The van der Waals surface area contributed by atoms with Gasteiger partial charge >= 0.3 is 5.97 Å². The Morgan fingerprint density at radius 3 is 2.46 bits per heavy atom. The van der Waals surface area contributed by atoms with Crippen LogP contribution in [-0.4, -0.2) is 17.0 Å². The first-order valence-corrected chi connectivity index (χ1v) is 7.16. The van der Waals surface area contributed by atoms with Gasteiger partial charge in [0, 0.05) is 5.56 Å². The average molecular weight is 316 g/mol. The van der Waals surface area contributed by atoms with Crippen molar-refractivity contribution in [2.24, 2.45) is 0 Å². The molecule has 3 rings (SSSR count). The fourth-order valence-corrected chi connectivity index (χ4v) is 2.51. The van der Waals surface area contributed by atoms with Crippen LogP contribution in [0.25, 0.3) is 10.8 Å². The van der Waals surface area contributed by atoms with E-state index in [9.17, 15) is 14.7 Å². The number of nitriles is 1. The number of nitrogens with zero attached hydrogens (tertiary/aromatic N) is 1. The molecule has 0 aliphatic rings. The first kappa shape index (κ1) is 15.3. The highest BCUT2D eigenvalue weighted by molar-refractivity contribution is 6.14. The van der Waals surface area contributed by atoms with E-state index in [0.29, 0.717) is 5.56 Å². The van der Waals surface area contributed by atoms with Gasteiger partial charge in [0.25, 0.3) is 5.91 Å². The second kappa shape index (κ2) is 6.23. The molecule has 0 aliphatic carbocycles. The van der Waals surface area contributed by atoms with Gasteiger partial charge in [0.05, 0.1) is 22.9 Å². The Bertz CT molecular complexity index is 998. The summed E-state index contributed by atoms with van der Waals surface area (Å²) in [7, 11) is 0. The lowest BCUT2D eigenvalue weighted by molar-refractivity contribution is 0.0698. The molecule has 0 heterocycles. The largest absolute Gasteiger partial charge is 0.478 e. The van der Waals surface area contributed by atoms with Gasteiger partial charge in [0.15, 0.2) is 0 Å². The standard InChI is InChI=1S/C19H12N2O3/c20-11-12-8-9-17(16(10-12)19(23)24)21-18(22)15-7-3-5-13-4-1-2-6-14(13)15/h1-10H,(H,21,22)(H,23,24). The van der Waals surface area contributed by atoms with E-state index in [4.69, 9.17) is 5.26 Å². The third kappa shape index (κ3) is 2.81. The van der Waals surface area contributed by atoms with Crippen molar-refractivity contribution in [2.45, 2.75) is 0 Å². The van der Waals surface area contributed by atoms with E-state index >= 15 is 0 Å². The first-order valence-electron chi connectivity index (χ1n) is 7.16. The first-order chi connectivity index (χ1) is 11.6. The van der Waals surface area contributed by atoms with Gasteiger partial charge in [-0.15, -0.1) is 0 Å². The molecule has 0 spiro atoms. The van der Waals surface area contributed by atoms with Gasteiger partial charge in [-0.1, -0.05) is 36.4 Å². The summed E-state index contributed by atoms with van der Waals surface area (Å²) in [5, 5.41) is 22.5. The number of hydrogen-bond acceptors (Lipinski definition) is 3. The summed E-state index contributed by atoms with van der Waals surface area (Å²) in [6.07, 6.45) is 0. The molecule has 116 valence electrons. The van der Waals surface area contributed by atoms with Crippen LogP contribution in [0.5, 0.6) is 0 Å². The number of rotatable bonds is 3. The van der Waals surface area contributed by atoms with E-state index < -0.39 is 11.9 Å². The highest BCUT2D eigenvalue weighted by atomic mass is 16.4. The second-order valence-corrected chi connectivity index (χ2v) is 5.16. The SMILES string of the molecule is N#Cc1ccc(NC(=O)c2cccc3ccccc23)c(C(=O)O)c1. The summed E-state index contributed by atoms with van der Waals surface area (Å²) in [5.41, 5.74) is 0.700. The number of anilines is 1. The predicted octanol–water partition coefficient (Wildman–Crippen LogP) is 3.66. The molecular formula is C19H12N2O3. The molecule has 24 heavy (non-hydrogen) atoms. The molecule has 0 aliphatic heterocycles. The number of aromatic carboxylic acids is 1. The van der Waals surface area contributed by atoms with Crippen LogP contribution in [0.15, 0.2) is 60.7 Å². The second-order valence-electron chi connectivity index (χ2n) is 5.16. The van der Waals surface area contributed by atoms with Crippen LogP contribution in [0.1, 0.15) is 26.3 Å². The molecule has 0 radical (unpaired) electrons. The molecule has 0 unspecified atom stereocenters. The van der Waals surface area contributed by atoms with Crippen LogP contribution in [0, 0.1) is 11.3 Å². The number of amides is 1. The summed E-state index contributed by atoms with van der Waals surface area (Å²) < 4.78 is 0. The van der Waals surface area contributed by atoms with Crippen LogP contribution in [-0.2, 0) is 0 Å². The summed E-state index contributed by atoms with van der Waals surface area (Å²) >= 11 is 0. The lowest BCUT2D eigenvalue weighted by atomic mass is 10.0. The Morgan fingerprint density at radius 1 is 0.958 bits per heavy atom. The number of carboxylic acid groups (broad SMARTS) is 1. The number of hydrogen-bond donors (Lipinski definition) is 2. The van der Waals surface area contributed by atoms with Crippen molar-refractivity contribution < 1.29 is 14.7 Å². The number of benzene rings is 3. The lowest BCUT2D eigenvalue weighted by Crippen LogP contribution is -2.15. The molecular weight excluding hydrogens is 304 g/mol. The van der Waals surface area contributed by atoms with E-state index in [0.717, 1.165) is 10.8 Å². The highest BCUT2D eigenvalue weighted by Gasteiger charge is 2.16. The fraction of sp³-hybridized carbons (Fsp3) is 0. The van der Waals surface area contributed by atoms with Crippen molar-refractivity contribution in [3.05, 3.63) is 77.4 Å². The van der Waals surface area contributed by atoms with E-state index in [2.05, 4.69) is 5.32 Å². The molecule has 5 nitrogen and oxygen atoms in total. The highest BCUT2D eigenvalue weighted by Crippen LogP contribution is 2.22. The van der Waals surface area contributed by atoms with E-state index in [-0.39, 0.29) is 16.8 Å².